The molecule has 8 heteroatoms. The Morgan fingerprint density at radius 3 is 2.44 bits per heavy atom. The van der Waals surface area contributed by atoms with Gasteiger partial charge >= 0.3 is 0 Å². The second-order valence-corrected chi connectivity index (χ2v) is 8.37. The highest BCUT2D eigenvalue weighted by Crippen LogP contribution is 2.29. The maximum Gasteiger partial charge on any atom is 0.242 e. The smallest absolute Gasteiger partial charge is 0.242 e. The molecule has 0 amide bonds. The number of methoxy groups -OCH3 is 2. The SMILES string of the molecule is COc1ccc(CCNS(=O)(=O)c2cc(C)c(Br)cc2Cl)cc1OC. The van der Waals surface area contributed by atoms with Gasteiger partial charge in [0.2, 0.25) is 10.0 Å². The molecule has 0 bridgehead atoms. The first-order valence-electron chi connectivity index (χ1n) is 7.44. The van der Waals surface area contributed by atoms with Crippen LogP contribution in [0.15, 0.2) is 39.7 Å². The van der Waals surface area contributed by atoms with Crippen molar-refractivity contribution in [2.24, 2.45) is 0 Å². The maximum atomic E-state index is 12.5. The van der Waals surface area contributed by atoms with Gasteiger partial charge in [0.05, 0.1) is 19.2 Å². The molecule has 0 spiro atoms. The van der Waals surface area contributed by atoms with Gasteiger partial charge < -0.3 is 9.47 Å². The molecule has 0 heterocycles. The fourth-order valence-electron chi connectivity index (χ4n) is 2.28. The van der Waals surface area contributed by atoms with Crippen LogP contribution in [0.1, 0.15) is 11.1 Å². The van der Waals surface area contributed by atoms with Crippen LogP contribution < -0.4 is 14.2 Å². The van der Waals surface area contributed by atoms with Crippen LogP contribution >= 0.6 is 27.5 Å². The minimum Gasteiger partial charge on any atom is -0.493 e. The van der Waals surface area contributed by atoms with Gasteiger partial charge in [-0.25, -0.2) is 13.1 Å². The van der Waals surface area contributed by atoms with Crippen LogP contribution in [-0.2, 0) is 16.4 Å². The Bertz CT molecular complexity index is 871. The summed E-state index contributed by atoms with van der Waals surface area (Å²) in [5, 5.41) is 0.177. The molecule has 2 aromatic carbocycles. The van der Waals surface area contributed by atoms with E-state index in [4.69, 9.17) is 21.1 Å². The van der Waals surface area contributed by atoms with E-state index in [1.54, 1.807) is 32.4 Å². The number of aryl methyl sites for hydroxylation is 1. The number of hydrogen-bond donors (Lipinski definition) is 1. The summed E-state index contributed by atoms with van der Waals surface area (Å²) in [6.45, 7) is 2.05. The first kappa shape index (κ1) is 20.0. The summed E-state index contributed by atoms with van der Waals surface area (Å²) >= 11 is 9.41. The molecule has 0 aliphatic rings. The van der Waals surface area contributed by atoms with Crippen LogP contribution in [0.4, 0.5) is 0 Å². The number of ether oxygens (including phenoxy) is 2. The molecular weight excluding hydrogens is 430 g/mol. The fourth-order valence-corrected chi connectivity index (χ4v) is 4.40. The van der Waals surface area contributed by atoms with E-state index < -0.39 is 10.0 Å². The highest BCUT2D eigenvalue weighted by molar-refractivity contribution is 9.10. The van der Waals surface area contributed by atoms with Crippen LogP contribution in [0.2, 0.25) is 5.02 Å². The third-order valence-electron chi connectivity index (χ3n) is 3.66. The molecule has 0 aliphatic carbocycles. The van der Waals surface area contributed by atoms with Crippen molar-refractivity contribution in [1.29, 1.82) is 0 Å². The average Bonchev–Trinajstić information content (AvgIpc) is 2.57. The van der Waals surface area contributed by atoms with Gasteiger partial charge in [0.25, 0.3) is 0 Å². The monoisotopic (exact) mass is 447 g/mol. The van der Waals surface area contributed by atoms with Gasteiger partial charge in [-0.2, -0.15) is 0 Å². The lowest BCUT2D eigenvalue weighted by Crippen LogP contribution is -2.26. The molecule has 0 radical (unpaired) electrons. The molecule has 2 aromatic rings. The van der Waals surface area contributed by atoms with Crippen molar-refractivity contribution in [2.75, 3.05) is 20.8 Å². The Morgan fingerprint density at radius 1 is 1.12 bits per heavy atom. The molecule has 0 aliphatic heterocycles. The van der Waals surface area contributed by atoms with Gasteiger partial charge in [0.15, 0.2) is 11.5 Å². The van der Waals surface area contributed by atoms with Crippen LogP contribution in [0.3, 0.4) is 0 Å². The Labute approximate surface area is 161 Å². The van der Waals surface area contributed by atoms with E-state index >= 15 is 0 Å². The van der Waals surface area contributed by atoms with Gasteiger partial charge in [-0.05, 0) is 48.7 Å². The second-order valence-electron chi connectivity index (χ2n) is 5.37. The van der Waals surface area contributed by atoms with Crippen molar-refractivity contribution in [1.82, 2.24) is 4.72 Å². The van der Waals surface area contributed by atoms with Gasteiger partial charge in [-0.1, -0.05) is 33.6 Å². The van der Waals surface area contributed by atoms with Crippen molar-refractivity contribution in [2.45, 2.75) is 18.2 Å². The predicted molar refractivity (Wildman–Crippen MR) is 102 cm³/mol. The maximum absolute atomic E-state index is 12.5. The standard InChI is InChI=1S/C17H19BrClNO4S/c1-11-8-17(14(19)10-13(11)18)25(21,22)20-7-6-12-4-5-15(23-2)16(9-12)24-3/h4-5,8-10,20H,6-7H2,1-3H3. The summed E-state index contributed by atoms with van der Waals surface area (Å²) in [4.78, 5) is 0.0715. The molecular formula is C17H19BrClNO4S. The Kier molecular flexibility index (Phi) is 6.73. The summed E-state index contributed by atoms with van der Waals surface area (Å²) in [5.74, 6) is 1.23. The highest BCUT2D eigenvalue weighted by Gasteiger charge is 2.19. The van der Waals surface area contributed by atoms with Crippen LogP contribution in [0.5, 0.6) is 11.5 Å². The molecule has 0 fully saturated rings. The average molecular weight is 449 g/mol. The zero-order valence-corrected chi connectivity index (χ0v) is 17.3. The third kappa shape index (κ3) is 4.88. The lowest BCUT2D eigenvalue weighted by atomic mass is 10.1. The molecule has 0 atom stereocenters. The molecule has 2 rings (SSSR count). The fraction of sp³-hybridized carbons (Fsp3) is 0.294. The lowest BCUT2D eigenvalue weighted by Gasteiger charge is -2.12. The van der Waals surface area contributed by atoms with Crippen molar-refractivity contribution in [3.8, 4) is 11.5 Å². The molecule has 1 N–H and O–H groups in total. The van der Waals surface area contributed by atoms with Crippen LogP contribution in [-0.4, -0.2) is 29.2 Å². The minimum absolute atomic E-state index is 0.0715. The zero-order valence-electron chi connectivity index (χ0n) is 14.1. The van der Waals surface area contributed by atoms with Crippen LogP contribution in [0, 0.1) is 6.92 Å². The van der Waals surface area contributed by atoms with E-state index in [9.17, 15) is 8.42 Å². The van der Waals surface area contributed by atoms with Crippen molar-refractivity contribution < 1.29 is 17.9 Å². The first-order chi connectivity index (χ1) is 11.8. The molecule has 0 aromatic heterocycles. The predicted octanol–water partition coefficient (Wildman–Crippen LogP) is 3.95. The molecule has 0 saturated heterocycles. The lowest BCUT2D eigenvalue weighted by molar-refractivity contribution is 0.354. The first-order valence-corrected chi connectivity index (χ1v) is 10.1. The summed E-state index contributed by atoms with van der Waals surface area (Å²) in [6, 6.07) is 8.61. The summed E-state index contributed by atoms with van der Waals surface area (Å²) in [5.41, 5.74) is 1.73. The second kappa shape index (κ2) is 8.40. The van der Waals surface area contributed by atoms with Gasteiger partial charge in [0, 0.05) is 11.0 Å². The normalized spacial score (nSPS) is 11.4. The Balaban J connectivity index is 2.10. The van der Waals surface area contributed by atoms with E-state index in [1.807, 2.05) is 19.1 Å². The molecule has 0 saturated carbocycles. The Morgan fingerprint density at radius 2 is 1.80 bits per heavy atom. The quantitative estimate of drug-likeness (QED) is 0.696. The van der Waals surface area contributed by atoms with Crippen molar-refractivity contribution >= 4 is 37.6 Å². The summed E-state index contributed by atoms with van der Waals surface area (Å²) < 4.78 is 38.7. The third-order valence-corrected chi connectivity index (χ3v) is 6.44. The zero-order chi connectivity index (χ0) is 18.6. The molecule has 0 unspecified atom stereocenters. The number of nitrogens with one attached hydrogen (secondary N) is 1. The number of hydrogen-bond acceptors (Lipinski definition) is 4. The van der Waals surface area contributed by atoms with E-state index in [0.717, 1.165) is 15.6 Å². The molecule has 5 nitrogen and oxygen atoms in total. The van der Waals surface area contributed by atoms with Gasteiger partial charge in [-0.3, -0.25) is 0 Å². The Hall–Kier alpha value is -1.28. The summed E-state index contributed by atoms with van der Waals surface area (Å²) in [7, 11) is -0.565. The number of halogens is 2. The largest absolute Gasteiger partial charge is 0.493 e. The van der Waals surface area contributed by atoms with E-state index in [2.05, 4.69) is 20.7 Å². The van der Waals surface area contributed by atoms with Crippen molar-refractivity contribution in [3.63, 3.8) is 0 Å². The molecule has 25 heavy (non-hydrogen) atoms. The van der Waals surface area contributed by atoms with Gasteiger partial charge in [0.1, 0.15) is 4.90 Å². The number of rotatable bonds is 7. The van der Waals surface area contributed by atoms with Crippen molar-refractivity contribution in [3.05, 3.63) is 51.0 Å². The van der Waals surface area contributed by atoms with E-state index in [-0.39, 0.29) is 16.5 Å². The number of sulfonamides is 1. The topological polar surface area (TPSA) is 64.6 Å². The number of benzene rings is 2. The highest BCUT2D eigenvalue weighted by atomic mass is 79.9. The van der Waals surface area contributed by atoms with Gasteiger partial charge in [-0.15, -0.1) is 0 Å². The molecule has 136 valence electrons. The summed E-state index contributed by atoms with van der Waals surface area (Å²) in [6.07, 6.45) is 0.507. The van der Waals surface area contributed by atoms with E-state index in [1.165, 1.54) is 0 Å². The van der Waals surface area contributed by atoms with Crippen LogP contribution in [0.25, 0.3) is 0 Å². The van der Waals surface area contributed by atoms with E-state index in [0.29, 0.717) is 17.9 Å². The minimum atomic E-state index is -3.69.